The third-order valence-electron chi connectivity index (χ3n) is 2.78. The molecule has 18 heavy (non-hydrogen) atoms. The maximum atomic E-state index is 6.11. The summed E-state index contributed by atoms with van der Waals surface area (Å²) in [5.74, 6) is 1.55. The van der Waals surface area contributed by atoms with Crippen molar-refractivity contribution < 1.29 is 4.42 Å². The number of rotatable bonds is 4. The van der Waals surface area contributed by atoms with E-state index in [1.807, 2.05) is 26.8 Å². The van der Waals surface area contributed by atoms with E-state index in [2.05, 4.69) is 10.3 Å². The molecule has 2 rings (SSSR count). The van der Waals surface area contributed by atoms with E-state index in [-0.39, 0.29) is 6.04 Å². The van der Waals surface area contributed by atoms with Gasteiger partial charge in [-0.15, -0.1) is 11.3 Å². The summed E-state index contributed by atoms with van der Waals surface area (Å²) in [5, 5.41) is 3.32. The van der Waals surface area contributed by atoms with E-state index in [1.165, 1.54) is 11.3 Å². The van der Waals surface area contributed by atoms with Crippen LogP contribution in [0.5, 0.6) is 0 Å². The van der Waals surface area contributed by atoms with Gasteiger partial charge in [0.25, 0.3) is 0 Å². The zero-order chi connectivity index (χ0) is 13.3. The van der Waals surface area contributed by atoms with E-state index in [1.54, 1.807) is 0 Å². The van der Waals surface area contributed by atoms with Crippen molar-refractivity contribution in [1.29, 1.82) is 0 Å². The molecule has 6 heteroatoms. The monoisotopic (exact) mass is 304 g/mol. The smallest absolute Gasteiger partial charge is 0.208 e. The standard InChI is InChI=1S/C12H14Cl2N2OS/c1-6-8(3)17-11(16-6)5-15-7(2)9-4-10(13)18-12(9)14/h4,7,15H,5H2,1-3H3. The van der Waals surface area contributed by atoms with E-state index in [0.29, 0.717) is 16.8 Å². The zero-order valence-corrected chi connectivity index (χ0v) is 12.7. The molecule has 0 saturated heterocycles. The van der Waals surface area contributed by atoms with Crippen molar-refractivity contribution in [2.24, 2.45) is 0 Å². The van der Waals surface area contributed by atoms with Crippen LogP contribution < -0.4 is 5.32 Å². The molecule has 1 atom stereocenters. The van der Waals surface area contributed by atoms with Gasteiger partial charge in [-0.2, -0.15) is 0 Å². The van der Waals surface area contributed by atoms with Crippen LogP contribution in [0.15, 0.2) is 10.5 Å². The van der Waals surface area contributed by atoms with Gasteiger partial charge < -0.3 is 9.73 Å². The lowest BCUT2D eigenvalue weighted by Gasteiger charge is -2.11. The largest absolute Gasteiger partial charge is 0.444 e. The van der Waals surface area contributed by atoms with Crippen LogP contribution in [0.4, 0.5) is 0 Å². The van der Waals surface area contributed by atoms with E-state index in [4.69, 9.17) is 27.6 Å². The molecule has 0 amide bonds. The van der Waals surface area contributed by atoms with Crippen molar-refractivity contribution in [3.63, 3.8) is 0 Å². The molecule has 0 spiro atoms. The molecule has 0 saturated carbocycles. The SMILES string of the molecule is Cc1nc(CNC(C)c2cc(Cl)sc2Cl)oc1C. The maximum Gasteiger partial charge on any atom is 0.208 e. The van der Waals surface area contributed by atoms with Crippen molar-refractivity contribution >= 4 is 34.5 Å². The lowest BCUT2D eigenvalue weighted by atomic mass is 10.2. The first-order valence-corrected chi connectivity index (χ1v) is 7.15. The number of halogens is 2. The molecule has 0 radical (unpaired) electrons. The van der Waals surface area contributed by atoms with E-state index in [9.17, 15) is 0 Å². The number of hydrogen-bond donors (Lipinski definition) is 1. The van der Waals surface area contributed by atoms with Crippen LogP contribution in [0.1, 0.15) is 35.9 Å². The van der Waals surface area contributed by atoms with Crippen LogP contribution in [0.25, 0.3) is 0 Å². The first-order valence-electron chi connectivity index (χ1n) is 5.58. The van der Waals surface area contributed by atoms with Gasteiger partial charge in [0, 0.05) is 6.04 Å². The minimum absolute atomic E-state index is 0.105. The van der Waals surface area contributed by atoms with Crippen LogP contribution in [0.2, 0.25) is 8.67 Å². The molecule has 0 aliphatic carbocycles. The normalized spacial score (nSPS) is 12.9. The highest BCUT2D eigenvalue weighted by atomic mass is 35.5. The number of hydrogen-bond acceptors (Lipinski definition) is 4. The average molecular weight is 305 g/mol. The molecule has 1 unspecified atom stereocenters. The fourth-order valence-electron chi connectivity index (χ4n) is 1.61. The van der Waals surface area contributed by atoms with Gasteiger partial charge in [-0.1, -0.05) is 23.2 Å². The Morgan fingerprint density at radius 2 is 2.17 bits per heavy atom. The Kier molecular flexibility index (Phi) is 4.33. The van der Waals surface area contributed by atoms with Gasteiger partial charge in [0.2, 0.25) is 5.89 Å². The molecule has 2 aromatic rings. The maximum absolute atomic E-state index is 6.11. The molecule has 0 aliphatic rings. The van der Waals surface area contributed by atoms with Crippen LogP contribution in [-0.4, -0.2) is 4.98 Å². The second-order valence-corrected chi connectivity index (χ2v) is 6.42. The number of nitrogens with one attached hydrogen (secondary N) is 1. The fraction of sp³-hybridized carbons (Fsp3) is 0.417. The average Bonchev–Trinajstić information content (AvgIpc) is 2.79. The van der Waals surface area contributed by atoms with E-state index >= 15 is 0 Å². The van der Waals surface area contributed by atoms with Gasteiger partial charge in [0.1, 0.15) is 5.76 Å². The first-order chi connectivity index (χ1) is 8.47. The lowest BCUT2D eigenvalue weighted by Crippen LogP contribution is -2.18. The topological polar surface area (TPSA) is 38.1 Å². The third kappa shape index (κ3) is 3.06. The number of nitrogens with zero attached hydrogens (tertiary/aromatic N) is 1. The second-order valence-electron chi connectivity index (χ2n) is 4.13. The highest BCUT2D eigenvalue weighted by Crippen LogP contribution is 2.34. The summed E-state index contributed by atoms with van der Waals surface area (Å²) in [4.78, 5) is 4.32. The van der Waals surface area contributed by atoms with Gasteiger partial charge in [0.15, 0.2) is 0 Å². The molecular weight excluding hydrogens is 291 g/mol. The molecule has 0 aliphatic heterocycles. The van der Waals surface area contributed by atoms with Crippen molar-refractivity contribution in [3.05, 3.63) is 37.6 Å². The second kappa shape index (κ2) is 5.61. The van der Waals surface area contributed by atoms with Crippen LogP contribution in [0, 0.1) is 13.8 Å². The summed E-state index contributed by atoms with van der Waals surface area (Å²) >= 11 is 13.4. The van der Waals surface area contributed by atoms with Crippen molar-refractivity contribution in [2.45, 2.75) is 33.4 Å². The Balaban J connectivity index is 2.00. The molecule has 1 N–H and O–H groups in total. The van der Waals surface area contributed by atoms with Gasteiger partial charge >= 0.3 is 0 Å². The molecule has 2 aromatic heterocycles. The highest BCUT2D eigenvalue weighted by Gasteiger charge is 2.14. The summed E-state index contributed by atoms with van der Waals surface area (Å²) in [5.41, 5.74) is 1.93. The first kappa shape index (κ1) is 13.9. The van der Waals surface area contributed by atoms with Crippen LogP contribution in [-0.2, 0) is 6.54 Å². The van der Waals surface area contributed by atoms with Gasteiger partial charge in [-0.3, -0.25) is 0 Å². The van der Waals surface area contributed by atoms with Crippen LogP contribution >= 0.6 is 34.5 Å². The van der Waals surface area contributed by atoms with Crippen molar-refractivity contribution in [1.82, 2.24) is 10.3 Å². The van der Waals surface area contributed by atoms with Gasteiger partial charge in [-0.05, 0) is 32.4 Å². The number of aryl methyl sites for hydroxylation is 2. The van der Waals surface area contributed by atoms with Crippen LogP contribution in [0.3, 0.4) is 0 Å². The molecular formula is C12H14Cl2N2OS. The summed E-state index contributed by atoms with van der Waals surface area (Å²) < 4.78 is 6.93. The van der Waals surface area contributed by atoms with Gasteiger partial charge in [0.05, 0.1) is 20.9 Å². The van der Waals surface area contributed by atoms with E-state index in [0.717, 1.165) is 21.4 Å². The van der Waals surface area contributed by atoms with Crippen molar-refractivity contribution in [2.75, 3.05) is 0 Å². The molecule has 98 valence electrons. The molecule has 0 aromatic carbocycles. The van der Waals surface area contributed by atoms with Crippen molar-refractivity contribution in [3.8, 4) is 0 Å². The fourth-order valence-corrected chi connectivity index (χ4v) is 3.26. The summed E-state index contributed by atoms with van der Waals surface area (Å²) in [6, 6.07) is 1.99. The third-order valence-corrected chi connectivity index (χ3v) is 4.30. The zero-order valence-electron chi connectivity index (χ0n) is 10.4. The Morgan fingerprint density at radius 1 is 1.44 bits per heavy atom. The highest BCUT2D eigenvalue weighted by molar-refractivity contribution is 7.20. The van der Waals surface area contributed by atoms with E-state index < -0.39 is 0 Å². The summed E-state index contributed by atoms with van der Waals surface area (Å²) in [6.45, 7) is 6.44. The lowest BCUT2D eigenvalue weighted by molar-refractivity contribution is 0.432. The quantitative estimate of drug-likeness (QED) is 0.903. The number of oxazole rings is 1. The Hall–Kier alpha value is -0.550. The minimum Gasteiger partial charge on any atom is -0.444 e. The summed E-state index contributed by atoms with van der Waals surface area (Å²) in [7, 11) is 0. The number of thiophene rings is 1. The predicted molar refractivity (Wildman–Crippen MR) is 75.6 cm³/mol. The van der Waals surface area contributed by atoms with Gasteiger partial charge in [-0.25, -0.2) is 4.98 Å². The molecule has 3 nitrogen and oxygen atoms in total. The molecule has 0 fully saturated rings. The minimum atomic E-state index is 0.105. The molecule has 2 heterocycles. The predicted octanol–water partition coefficient (Wildman–Crippen LogP) is 4.51. The summed E-state index contributed by atoms with van der Waals surface area (Å²) in [6.07, 6.45) is 0. The molecule has 0 bridgehead atoms. The Bertz CT molecular complexity index is 531. The Morgan fingerprint density at radius 3 is 2.67 bits per heavy atom. The number of aromatic nitrogens is 1. The Labute approximate surface area is 120 Å².